The van der Waals surface area contributed by atoms with Gasteiger partial charge in [-0.25, -0.2) is 47.0 Å². The molecule has 13 heterocycles. The number of nitrogen functional groups attached to an aromatic ring is 3. The number of nitrogens with zero attached hydrogens (tertiary/aromatic N) is 19. The zero-order chi connectivity index (χ0) is 75.8. The minimum absolute atomic E-state index is 0.108. The molecule has 0 atom stereocenters. The lowest BCUT2D eigenvalue weighted by molar-refractivity contribution is 0.0212. The molecular weight excluding hydrogens is 1400 g/mol. The van der Waals surface area contributed by atoms with Gasteiger partial charge >= 0.3 is 0 Å². The summed E-state index contributed by atoms with van der Waals surface area (Å²) in [6, 6.07) is 21.1. The Balaban J connectivity index is 0.000000130. The fraction of sp³-hybridized carbons (Fsp3) is 0.438. The van der Waals surface area contributed by atoms with Crippen LogP contribution in [0.2, 0.25) is 0 Å². The van der Waals surface area contributed by atoms with Crippen LogP contribution in [0.25, 0.3) is 33.8 Å². The smallest absolute Gasteiger partial charge is 0.263 e. The Morgan fingerprint density at radius 3 is 1.24 bits per heavy atom. The molecule has 0 aliphatic carbocycles. The number of hydrogen-bond acceptors (Lipinski definition) is 23. The molecule has 7 aliphatic rings. The summed E-state index contributed by atoms with van der Waals surface area (Å²) in [7, 11) is 3.28. The molecule has 0 amide bonds. The van der Waals surface area contributed by atoms with E-state index in [2.05, 4.69) is 150 Å². The Morgan fingerprint density at radius 1 is 0.477 bits per heavy atom. The molecule has 17 rings (SSSR count). The van der Waals surface area contributed by atoms with Gasteiger partial charge in [-0.2, -0.15) is 15.3 Å². The quantitative estimate of drug-likeness (QED) is 0.0763. The third-order valence-corrected chi connectivity index (χ3v) is 24.5. The van der Waals surface area contributed by atoms with Crippen LogP contribution in [-0.4, -0.2) is 208 Å². The highest BCUT2D eigenvalue weighted by Gasteiger charge is 2.36. The number of likely N-dealkylation sites (tertiary alicyclic amines) is 2. The van der Waals surface area contributed by atoms with Crippen LogP contribution in [-0.2, 0) is 48.9 Å². The molecule has 7 aliphatic heterocycles. The summed E-state index contributed by atoms with van der Waals surface area (Å²) in [6.07, 6.45) is 22.9. The van der Waals surface area contributed by atoms with Crippen molar-refractivity contribution in [2.75, 3.05) is 128 Å². The molecule has 6 N–H and O–H groups in total. The average molecular weight is 1500 g/mol. The molecule has 0 bridgehead atoms. The number of nitrogens with two attached hydrogens (primary N) is 3. The zero-order valence-corrected chi connectivity index (χ0v) is 64.4. The largest absolute Gasteiger partial charge is 0.433 e. The van der Waals surface area contributed by atoms with Gasteiger partial charge in [0.15, 0.2) is 34.7 Å². The second kappa shape index (κ2) is 31.9. The third kappa shape index (κ3) is 16.8. The first-order valence-electron chi connectivity index (χ1n) is 38.0. The number of halogens is 1. The van der Waals surface area contributed by atoms with Crippen LogP contribution in [0, 0.1) is 26.6 Å². The molecule has 10 aromatic rings. The molecule has 4 saturated heterocycles. The van der Waals surface area contributed by atoms with Crippen LogP contribution in [0.1, 0.15) is 108 Å². The number of likely N-dealkylation sites (N-methyl/N-ethyl adjacent to an activating group) is 3. The van der Waals surface area contributed by atoms with Gasteiger partial charge in [0.25, 0.3) is 17.6 Å². The molecule has 109 heavy (non-hydrogen) atoms. The van der Waals surface area contributed by atoms with Crippen LogP contribution < -0.4 is 36.3 Å². The van der Waals surface area contributed by atoms with Crippen molar-refractivity contribution in [1.82, 2.24) is 88.1 Å². The maximum Gasteiger partial charge on any atom is 0.263 e. The maximum atomic E-state index is 13.2. The molecule has 27 nitrogen and oxygen atoms in total. The van der Waals surface area contributed by atoms with Crippen molar-refractivity contribution < 1.29 is 27.0 Å². The Labute approximate surface area is 636 Å². The number of aromatic nitrogens is 12. The molecule has 0 spiro atoms. The minimum atomic E-state index is -3.16. The fourth-order valence-electron chi connectivity index (χ4n) is 16.1. The Kier molecular flexibility index (Phi) is 21.8. The highest BCUT2D eigenvalue weighted by Crippen LogP contribution is 2.38. The van der Waals surface area contributed by atoms with E-state index >= 15 is 0 Å². The first kappa shape index (κ1) is 74.5. The summed E-state index contributed by atoms with van der Waals surface area (Å²) in [4.78, 5) is 41.5. The van der Waals surface area contributed by atoms with Crippen molar-refractivity contribution in [3.05, 3.63) is 172 Å². The average Bonchev–Trinajstić information content (AvgIpc) is 1.67. The monoisotopic (exact) mass is 1500 g/mol. The zero-order valence-electron chi connectivity index (χ0n) is 63.6. The van der Waals surface area contributed by atoms with E-state index in [4.69, 9.17) is 41.4 Å². The van der Waals surface area contributed by atoms with Gasteiger partial charge in [0.1, 0.15) is 5.82 Å². The number of aryl methyl sites for hydroxylation is 3. The SMILES string of the molecule is CCN1CCC(N2CC(n3cc(Oc4nc(-c5cc(C)c6c(c5)CN(C)CC6)cnc4N)cn3)C2)CC1.CCS(=O)(=O)N1CCC(n2cc(Oc3nc(-c4cc(C)c5c(c4)CN(C)CC5)cnc3N)cn2)CC1.Cc1cc(-c2cnc(N)c(Oc3cnn(C4CN(c5ccc(F)cc5)C4)c3)n2)cc2c1CCN(C)C2. The molecule has 4 aromatic carbocycles. The van der Waals surface area contributed by atoms with Crippen LogP contribution >= 0.6 is 0 Å². The molecule has 572 valence electrons. The second-order valence-electron chi connectivity index (χ2n) is 30.2. The van der Waals surface area contributed by atoms with Gasteiger partial charge in [-0.3, -0.25) is 18.9 Å². The molecule has 6 aromatic heterocycles. The lowest BCUT2D eigenvalue weighted by Crippen LogP contribution is -2.55. The van der Waals surface area contributed by atoms with Gasteiger partial charge in [-0.1, -0.05) is 6.92 Å². The fourth-order valence-corrected chi connectivity index (χ4v) is 17.2. The van der Waals surface area contributed by atoms with E-state index in [0.717, 1.165) is 125 Å². The standard InChI is InChI=1S/C28H38N8O.C27H28FN7O.C25H33N7O3S/c1-4-34-9-5-22(6-10-34)35-16-23(17-35)36-18-24(13-31-36)37-28-27(29)30-14-26(32-28)20-11-19(2)25-7-8-33(3)15-21(25)12-20;1-17-9-18(10-19-13-33(2)8-7-24(17)19)25-12-30-26(29)27(32-25)36-23-11-31-35(16-23)22-14-34(15-22)21-5-3-20(28)4-6-21;1-4-36(33,34)31-9-5-20(6-10-31)32-16-21(13-28-32)35-25-24(26)27-14-23(29-25)18-11-17(2)22-7-8-30(3)15-19(22)12-18/h11-14,18,22-23H,4-10,15-17H2,1-3H3,(H2,29,30);3-6,9-12,16,22H,7-8,13-15H2,1-2H3,(H2,29,30);11-14,16,20H,4-10,15H2,1-3H3,(H2,26,27). The number of rotatable bonds is 17. The summed E-state index contributed by atoms with van der Waals surface area (Å²) >= 11 is 0. The van der Waals surface area contributed by atoms with Gasteiger partial charge in [0, 0.05) is 107 Å². The highest BCUT2D eigenvalue weighted by molar-refractivity contribution is 7.89. The molecule has 0 unspecified atom stereocenters. The van der Waals surface area contributed by atoms with E-state index < -0.39 is 10.0 Å². The van der Waals surface area contributed by atoms with Crippen molar-refractivity contribution in [3.8, 4) is 68.7 Å². The van der Waals surface area contributed by atoms with E-state index in [1.54, 1.807) is 66.7 Å². The van der Waals surface area contributed by atoms with Crippen molar-refractivity contribution in [2.24, 2.45) is 0 Å². The highest BCUT2D eigenvalue weighted by atomic mass is 32.2. The normalized spacial score (nSPS) is 18.0. The number of hydrogen-bond donors (Lipinski definition) is 3. The first-order chi connectivity index (χ1) is 52.6. The van der Waals surface area contributed by atoms with Crippen LogP contribution in [0.3, 0.4) is 0 Å². The predicted octanol–water partition coefficient (Wildman–Crippen LogP) is 10.6. The number of fused-ring (bicyclic) bond motifs is 3. The van der Waals surface area contributed by atoms with E-state index in [1.807, 2.05) is 26.4 Å². The Hall–Kier alpha value is -10.0. The summed E-state index contributed by atoms with van der Waals surface area (Å²) in [5.41, 5.74) is 36.7. The van der Waals surface area contributed by atoms with Crippen molar-refractivity contribution in [2.45, 2.75) is 123 Å². The predicted molar refractivity (Wildman–Crippen MR) is 420 cm³/mol. The topological polar surface area (TPSA) is 293 Å². The van der Waals surface area contributed by atoms with Crippen molar-refractivity contribution in [3.63, 3.8) is 0 Å². The maximum absolute atomic E-state index is 13.2. The van der Waals surface area contributed by atoms with Crippen molar-refractivity contribution >= 4 is 33.2 Å². The van der Waals surface area contributed by atoms with Gasteiger partial charge in [-0.15, -0.1) is 0 Å². The molecule has 0 saturated carbocycles. The van der Waals surface area contributed by atoms with E-state index in [9.17, 15) is 12.8 Å². The number of piperidine rings is 2. The third-order valence-electron chi connectivity index (χ3n) is 22.6. The summed E-state index contributed by atoms with van der Waals surface area (Å²) in [5.74, 6) is 3.14. The first-order valence-corrected chi connectivity index (χ1v) is 39.7. The van der Waals surface area contributed by atoms with Crippen LogP contribution in [0.4, 0.5) is 27.5 Å². The lowest BCUT2D eigenvalue weighted by atomic mass is 9.92. The Bertz CT molecular complexity index is 5020. The summed E-state index contributed by atoms with van der Waals surface area (Å²) < 4.78 is 62.8. The number of anilines is 4. The van der Waals surface area contributed by atoms with E-state index in [0.29, 0.717) is 66.8 Å². The van der Waals surface area contributed by atoms with E-state index in [1.165, 1.54) is 88.1 Å². The van der Waals surface area contributed by atoms with Gasteiger partial charge in [0.05, 0.1) is 96.7 Å². The summed E-state index contributed by atoms with van der Waals surface area (Å²) in [5, 5.41) is 13.5. The molecule has 4 fully saturated rings. The number of benzene rings is 4. The molecule has 0 radical (unpaired) electrons. The molecule has 29 heteroatoms. The van der Waals surface area contributed by atoms with Crippen LogP contribution in [0.5, 0.6) is 34.9 Å². The molecular formula is C80H99FN22O5S. The van der Waals surface area contributed by atoms with Crippen LogP contribution in [0.15, 0.2) is 116 Å². The minimum Gasteiger partial charge on any atom is -0.433 e. The van der Waals surface area contributed by atoms with Crippen molar-refractivity contribution in [1.29, 1.82) is 0 Å². The van der Waals surface area contributed by atoms with E-state index in [-0.39, 0.29) is 52.9 Å². The summed E-state index contributed by atoms with van der Waals surface area (Å²) in [6.45, 7) is 24.7. The second-order valence-corrected chi connectivity index (χ2v) is 32.5. The number of ether oxygens (including phenoxy) is 3. The van der Waals surface area contributed by atoms with Gasteiger partial charge in [0.2, 0.25) is 10.0 Å². The Morgan fingerprint density at radius 2 is 0.853 bits per heavy atom. The number of sulfonamides is 1. The lowest BCUT2D eigenvalue weighted by Gasteiger charge is -2.47. The van der Waals surface area contributed by atoms with Gasteiger partial charge < -0.3 is 55.9 Å². The van der Waals surface area contributed by atoms with Gasteiger partial charge in [-0.05, 0) is 224 Å².